The number of hydrogen-bond donors (Lipinski definition) is 2. The second-order valence-corrected chi connectivity index (χ2v) is 9.79. The van der Waals surface area contributed by atoms with E-state index < -0.39 is 20.7 Å². The third-order valence-electron chi connectivity index (χ3n) is 5.54. The van der Waals surface area contributed by atoms with Gasteiger partial charge in [-0.25, -0.2) is 18.2 Å². The molecule has 8 heteroatoms. The zero-order valence-corrected chi connectivity index (χ0v) is 18.0. The maximum Gasteiger partial charge on any atom is 0.266 e. The Balaban J connectivity index is 2.75. The lowest BCUT2D eigenvalue weighted by Gasteiger charge is -2.39. The van der Waals surface area contributed by atoms with Crippen molar-refractivity contribution >= 4 is 15.9 Å². The Morgan fingerprint density at radius 1 is 1.11 bits per heavy atom. The summed E-state index contributed by atoms with van der Waals surface area (Å²) in [6.45, 7) is 8.21. The lowest BCUT2D eigenvalue weighted by Crippen LogP contribution is -2.58. The van der Waals surface area contributed by atoms with Crippen molar-refractivity contribution in [2.75, 3.05) is 26.3 Å². The van der Waals surface area contributed by atoms with Crippen LogP contribution in [0, 0.1) is 5.92 Å². The van der Waals surface area contributed by atoms with Gasteiger partial charge in [-0.3, -0.25) is 10.0 Å². The summed E-state index contributed by atoms with van der Waals surface area (Å²) in [5.41, 5.74) is 1.61. The van der Waals surface area contributed by atoms with E-state index >= 15 is 0 Å². The summed E-state index contributed by atoms with van der Waals surface area (Å²) in [6.07, 6.45) is 6.23. The van der Waals surface area contributed by atoms with Crippen molar-refractivity contribution in [3.8, 4) is 0 Å². The molecule has 0 bridgehead atoms. The SMILES string of the molecule is CCCCOCCC1CCN(S(=O)(=O)C(CCC)(CCC)C(=O)NO)CC1. The number of carbonyl (C=O) groups excluding carboxylic acids is 1. The van der Waals surface area contributed by atoms with Crippen LogP contribution >= 0.6 is 0 Å². The second kappa shape index (κ2) is 12.0. The minimum absolute atomic E-state index is 0.209. The fourth-order valence-corrected chi connectivity index (χ4v) is 6.31. The number of sulfonamides is 1. The lowest BCUT2D eigenvalue weighted by atomic mass is 9.95. The molecule has 1 saturated heterocycles. The van der Waals surface area contributed by atoms with Crippen molar-refractivity contribution in [1.82, 2.24) is 9.79 Å². The molecule has 0 radical (unpaired) electrons. The van der Waals surface area contributed by atoms with E-state index in [0.29, 0.717) is 31.8 Å². The molecular formula is C19H38N2O5S. The summed E-state index contributed by atoms with van der Waals surface area (Å²) in [6, 6.07) is 0. The standard InChI is InChI=1S/C19H38N2O5S/c1-4-7-15-26-16-10-17-8-13-21(14-9-17)27(24,25)19(11-5-2,12-6-3)18(22)20-23/h17,23H,4-16H2,1-3H3,(H,20,22). The van der Waals surface area contributed by atoms with Gasteiger partial charge in [-0.15, -0.1) is 0 Å². The predicted octanol–water partition coefficient (Wildman–Crippen LogP) is 3.08. The Hall–Kier alpha value is -0.700. The van der Waals surface area contributed by atoms with Crippen LogP contribution in [-0.4, -0.2) is 54.9 Å². The molecule has 2 N–H and O–H groups in total. The van der Waals surface area contributed by atoms with Gasteiger partial charge in [0.25, 0.3) is 5.91 Å². The van der Waals surface area contributed by atoms with Crippen molar-refractivity contribution < 1.29 is 23.2 Å². The number of rotatable bonds is 13. The van der Waals surface area contributed by atoms with Gasteiger partial charge in [0, 0.05) is 26.3 Å². The summed E-state index contributed by atoms with van der Waals surface area (Å²) in [5.74, 6) is -0.353. The van der Waals surface area contributed by atoms with Crippen LogP contribution in [0.25, 0.3) is 0 Å². The topological polar surface area (TPSA) is 95.9 Å². The summed E-state index contributed by atoms with van der Waals surface area (Å²) >= 11 is 0. The van der Waals surface area contributed by atoms with Gasteiger partial charge < -0.3 is 4.74 Å². The van der Waals surface area contributed by atoms with Crippen LogP contribution in [0.5, 0.6) is 0 Å². The summed E-state index contributed by atoms with van der Waals surface area (Å²) in [4.78, 5) is 12.4. The van der Waals surface area contributed by atoms with E-state index in [1.807, 2.05) is 13.8 Å². The summed E-state index contributed by atoms with van der Waals surface area (Å²) in [5, 5.41) is 9.19. The maximum atomic E-state index is 13.4. The first kappa shape index (κ1) is 24.3. The van der Waals surface area contributed by atoms with Crippen LogP contribution in [0.15, 0.2) is 0 Å². The van der Waals surface area contributed by atoms with Crippen molar-refractivity contribution in [2.45, 2.75) is 83.3 Å². The molecule has 1 heterocycles. The molecule has 1 rings (SSSR count). The molecule has 0 saturated carbocycles. The van der Waals surface area contributed by atoms with Gasteiger partial charge in [-0.2, -0.15) is 0 Å². The first-order valence-corrected chi connectivity index (χ1v) is 11.9. The molecule has 1 aliphatic rings. The van der Waals surface area contributed by atoms with E-state index in [1.54, 1.807) is 5.48 Å². The normalized spacial score (nSPS) is 17.2. The molecule has 0 aromatic rings. The highest BCUT2D eigenvalue weighted by Crippen LogP contribution is 2.35. The third kappa shape index (κ3) is 6.14. The second-order valence-electron chi connectivity index (χ2n) is 7.54. The largest absolute Gasteiger partial charge is 0.381 e. The minimum Gasteiger partial charge on any atom is -0.381 e. The number of unbranched alkanes of at least 4 members (excludes halogenated alkanes) is 1. The van der Waals surface area contributed by atoms with Gasteiger partial charge in [0.15, 0.2) is 4.75 Å². The Labute approximate surface area is 164 Å². The van der Waals surface area contributed by atoms with E-state index in [-0.39, 0.29) is 12.8 Å². The first-order chi connectivity index (χ1) is 12.9. The Morgan fingerprint density at radius 3 is 2.19 bits per heavy atom. The number of hydroxylamine groups is 1. The average molecular weight is 407 g/mol. The van der Waals surface area contributed by atoms with Gasteiger partial charge in [0.2, 0.25) is 10.0 Å². The van der Waals surface area contributed by atoms with Gasteiger partial charge in [-0.1, -0.05) is 40.0 Å². The summed E-state index contributed by atoms with van der Waals surface area (Å²) < 4.78 is 32.2. The molecule has 1 fully saturated rings. The molecule has 1 amide bonds. The Morgan fingerprint density at radius 2 is 1.70 bits per heavy atom. The van der Waals surface area contributed by atoms with E-state index in [2.05, 4.69) is 6.92 Å². The Bertz CT molecular complexity index is 524. The van der Waals surface area contributed by atoms with Gasteiger partial charge >= 0.3 is 0 Å². The van der Waals surface area contributed by atoms with Gasteiger partial charge in [0.05, 0.1) is 0 Å². The van der Waals surface area contributed by atoms with Crippen molar-refractivity contribution in [2.24, 2.45) is 5.92 Å². The molecule has 27 heavy (non-hydrogen) atoms. The molecule has 0 atom stereocenters. The highest BCUT2D eigenvalue weighted by Gasteiger charge is 2.52. The van der Waals surface area contributed by atoms with Gasteiger partial charge in [-0.05, 0) is 44.4 Å². The van der Waals surface area contributed by atoms with Crippen LogP contribution < -0.4 is 5.48 Å². The monoisotopic (exact) mass is 406 g/mol. The highest BCUT2D eigenvalue weighted by molar-refractivity contribution is 7.91. The molecule has 0 aliphatic carbocycles. The van der Waals surface area contributed by atoms with Crippen LogP contribution in [0.1, 0.15) is 78.6 Å². The average Bonchev–Trinajstić information content (AvgIpc) is 2.67. The Kier molecular flexibility index (Phi) is 10.8. The fraction of sp³-hybridized carbons (Fsp3) is 0.947. The maximum absolute atomic E-state index is 13.4. The number of piperidine rings is 1. The highest BCUT2D eigenvalue weighted by atomic mass is 32.2. The predicted molar refractivity (Wildman–Crippen MR) is 106 cm³/mol. The molecule has 7 nitrogen and oxygen atoms in total. The zero-order valence-electron chi connectivity index (χ0n) is 17.2. The van der Waals surface area contributed by atoms with Gasteiger partial charge in [0.1, 0.15) is 0 Å². The molecule has 0 aromatic heterocycles. The van der Waals surface area contributed by atoms with Crippen molar-refractivity contribution in [3.63, 3.8) is 0 Å². The van der Waals surface area contributed by atoms with Crippen LogP contribution in [0.4, 0.5) is 0 Å². The van der Waals surface area contributed by atoms with Crippen LogP contribution in [0.2, 0.25) is 0 Å². The number of ether oxygens (including phenoxy) is 1. The van der Waals surface area contributed by atoms with E-state index in [9.17, 15) is 18.4 Å². The molecule has 0 aromatic carbocycles. The molecule has 0 unspecified atom stereocenters. The molecule has 160 valence electrons. The van der Waals surface area contributed by atoms with Crippen LogP contribution in [0.3, 0.4) is 0 Å². The quantitative estimate of drug-likeness (QED) is 0.278. The molecule has 1 aliphatic heterocycles. The first-order valence-electron chi connectivity index (χ1n) is 10.4. The van der Waals surface area contributed by atoms with Crippen molar-refractivity contribution in [1.29, 1.82) is 0 Å². The van der Waals surface area contributed by atoms with E-state index in [4.69, 9.17) is 4.74 Å². The third-order valence-corrected chi connectivity index (χ3v) is 8.17. The van der Waals surface area contributed by atoms with Crippen LogP contribution in [-0.2, 0) is 19.6 Å². The minimum atomic E-state index is -3.85. The van der Waals surface area contributed by atoms with Crippen molar-refractivity contribution in [3.05, 3.63) is 0 Å². The smallest absolute Gasteiger partial charge is 0.266 e. The fourth-order valence-electron chi connectivity index (χ4n) is 3.92. The number of hydrogen-bond acceptors (Lipinski definition) is 5. The summed E-state index contributed by atoms with van der Waals surface area (Å²) in [7, 11) is -3.85. The molecular weight excluding hydrogens is 368 g/mol. The number of nitrogens with zero attached hydrogens (tertiary/aromatic N) is 1. The number of nitrogens with one attached hydrogen (secondary N) is 1. The number of amides is 1. The molecule has 0 spiro atoms. The van der Waals surface area contributed by atoms with E-state index in [1.165, 1.54) is 4.31 Å². The lowest BCUT2D eigenvalue weighted by molar-refractivity contribution is -0.132. The van der Waals surface area contributed by atoms with E-state index in [0.717, 1.165) is 45.3 Å². The number of carbonyl (C=O) groups is 1. The zero-order chi connectivity index (χ0) is 20.3.